The lowest BCUT2D eigenvalue weighted by atomic mass is 9.96. The Kier molecular flexibility index (Phi) is 15.6. The number of aromatic hydroxyl groups is 1. The summed E-state index contributed by atoms with van der Waals surface area (Å²) in [6, 6.07) is 11.4. The Bertz CT molecular complexity index is 1250. The van der Waals surface area contributed by atoms with Crippen molar-refractivity contribution in [3.63, 3.8) is 0 Å². The first-order chi connectivity index (χ1) is 21.2. The van der Waals surface area contributed by atoms with Crippen LogP contribution in [0.2, 0.25) is 0 Å². The molecule has 2 aromatic rings. The molecule has 0 unspecified atom stereocenters. The maximum atomic E-state index is 13.4. The van der Waals surface area contributed by atoms with E-state index in [0.29, 0.717) is 43.7 Å². The molecule has 0 spiro atoms. The van der Waals surface area contributed by atoms with Crippen molar-refractivity contribution in [3.05, 3.63) is 59.2 Å². The number of hydrogen-bond acceptors (Lipinski definition) is 9. The number of benzene rings is 2. The molecular formula is C33H50N2O8S. The number of hydrogen-bond donors (Lipinski definition) is 4. The van der Waals surface area contributed by atoms with E-state index in [1.807, 2.05) is 6.07 Å². The molecule has 44 heavy (non-hydrogen) atoms. The Morgan fingerprint density at radius 1 is 1.00 bits per heavy atom. The third-order valence-electron chi connectivity index (χ3n) is 7.92. The maximum Gasteiger partial charge on any atom is 0.323 e. The van der Waals surface area contributed by atoms with Crippen LogP contribution in [-0.4, -0.2) is 66.5 Å². The Labute approximate surface area is 262 Å². The van der Waals surface area contributed by atoms with Gasteiger partial charge in [-0.15, -0.1) is 0 Å². The Balaban J connectivity index is 1.26. The average molecular weight is 635 g/mol. The average Bonchev–Trinajstić information content (AvgIpc) is 3.02. The molecule has 0 heterocycles. The summed E-state index contributed by atoms with van der Waals surface area (Å²) in [5.41, 5.74) is 1.99. The highest BCUT2D eigenvalue weighted by Crippen LogP contribution is 2.29. The molecular weight excluding hydrogens is 584 g/mol. The number of carbonyl (C=O) groups is 1. The molecule has 2 aromatic carbocycles. The molecule has 0 saturated heterocycles. The van der Waals surface area contributed by atoms with E-state index in [-0.39, 0.29) is 23.3 Å². The minimum Gasteiger partial charge on any atom is -0.508 e. The standard InChI is InChI=1S/C33H50N2O8S/c1-26(37)43-35(30-14-5-4-6-15-30)44(40,41)31-16-11-13-27(22-31)12-7-10-21-42-20-9-3-2-8-19-34-24-33(39)28-17-18-32(38)29(23-28)25-36/h11,13,16-18,22-23,30,33-34,36,38-39H,2-10,12,14-15,19-21,24-25H2,1H3/t33-/m1/s1. The SMILES string of the molecule is CC(=O)ON(C1CCCCC1)S(=O)(=O)c1cccc(CCCCOCCCCCCNC[C@@H](O)c2ccc(O)c(CO)c2)c1. The summed E-state index contributed by atoms with van der Waals surface area (Å²) in [5, 5.41) is 32.5. The van der Waals surface area contributed by atoms with Gasteiger partial charge < -0.3 is 30.2 Å². The smallest absolute Gasteiger partial charge is 0.323 e. The maximum absolute atomic E-state index is 13.4. The molecule has 0 aromatic heterocycles. The molecule has 11 heteroatoms. The van der Waals surface area contributed by atoms with Gasteiger partial charge >= 0.3 is 5.97 Å². The van der Waals surface area contributed by atoms with Gasteiger partial charge in [-0.3, -0.25) is 4.79 Å². The molecule has 1 atom stereocenters. The highest BCUT2D eigenvalue weighted by Gasteiger charge is 2.35. The van der Waals surface area contributed by atoms with Crippen LogP contribution in [0.3, 0.4) is 0 Å². The minimum atomic E-state index is -3.96. The second-order valence-electron chi connectivity index (χ2n) is 11.5. The van der Waals surface area contributed by atoms with Gasteiger partial charge in [0.2, 0.25) is 0 Å². The minimum absolute atomic E-state index is 0.0251. The summed E-state index contributed by atoms with van der Waals surface area (Å²) < 4.78 is 33.5. The summed E-state index contributed by atoms with van der Waals surface area (Å²) >= 11 is 0. The predicted octanol–water partition coefficient (Wildman–Crippen LogP) is 4.91. The molecule has 0 amide bonds. The largest absolute Gasteiger partial charge is 0.508 e. The predicted molar refractivity (Wildman–Crippen MR) is 168 cm³/mol. The number of nitrogens with zero attached hydrogens (tertiary/aromatic N) is 1. The van der Waals surface area contributed by atoms with Gasteiger partial charge in [-0.25, -0.2) is 8.42 Å². The first-order valence-corrected chi connectivity index (χ1v) is 17.4. The zero-order valence-corrected chi connectivity index (χ0v) is 26.8. The van der Waals surface area contributed by atoms with E-state index in [9.17, 15) is 28.5 Å². The fraction of sp³-hybridized carbons (Fsp3) is 0.606. The first-order valence-electron chi connectivity index (χ1n) is 15.9. The normalized spacial score (nSPS) is 15.0. The zero-order valence-electron chi connectivity index (χ0n) is 26.0. The summed E-state index contributed by atoms with van der Waals surface area (Å²) in [4.78, 5) is 17.1. The third kappa shape index (κ3) is 11.8. The van der Waals surface area contributed by atoms with E-state index in [2.05, 4.69) is 5.32 Å². The fourth-order valence-electron chi connectivity index (χ4n) is 5.44. The quantitative estimate of drug-likeness (QED) is 0.118. The molecule has 1 fully saturated rings. The van der Waals surface area contributed by atoms with Crippen molar-refractivity contribution in [2.24, 2.45) is 0 Å². The van der Waals surface area contributed by atoms with Crippen molar-refractivity contribution in [3.8, 4) is 5.75 Å². The number of aliphatic hydroxyl groups is 2. The summed E-state index contributed by atoms with van der Waals surface area (Å²) in [7, 11) is -3.96. The van der Waals surface area contributed by atoms with Gasteiger partial charge in [0.05, 0.1) is 23.6 Å². The molecule has 0 aliphatic heterocycles. The van der Waals surface area contributed by atoms with E-state index in [1.54, 1.807) is 30.3 Å². The van der Waals surface area contributed by atoms with Gasteiger partial charge in [-0.05, 0) is 91.4 Å². The number of carbonyl (C=O) groups excluding carboxylic acids is 1. The van der Waals surface area contributed by atoms with Crippen LogP contribution in [0, 0.1) is 0 Å². The number of aliphatic hydroxyl groups excluding tert-OH is 2. The monoisotopic (exact) mass is 634 g/mol. The number of unbranched alkanes of at least 4 members (excludes halogenated alkanes) is 4. The molecule has 4 N–H and O–H groups in total. The van der Waals surface area contributed by atoms with Crippen molar-refractivity contribution in [2.75, 3.05) is 26.3 Å². The van der Waals surface area contributed by atoms with Crippen LogP contribution in [0.25, 0.3) is 0 Å². The fourth-order valence-corrected chi connectivity index (χ4v) is 7.01. The lowest BCUT2D eigenvalue weighted by Gasteiger charge is -2.31. The van der Waals surface area contributed by atoms with Crippen LogP contribution in [0.1, 0.15) is 100 Å². The zero-order chi connectivity index (χ0) is 31.8. The molecule has 246 valence electrons. The van der Waals surface area contributed by atoms with Crippen LogP contribution < -0.4 is 5.32 Å². The lowest BCUT2D eigenvalue weighted by Crippen LogP contribution is -2.42. The number of rotatable bonds is 20. The summed E-state index contributed by atoms with van der Waals surface area (Å²) in [5.74, 6) is -0.609. The van der Waals surface area contributed by atoms with E-state index in [0.717, 1.165) is 80.8 Å². The number of nitrogens with one attached hydrogen (secondary N) is 1. The molecule has 1 saturated carbocycles. The molecule has 10 nitrogen and oxygen atoms in total. The number of phenols is 1. The first kappa shape index (κ1) is 35.9. The molecule has 1 aliphatic carbocycles. The second kappa shape index (κ2) is 19.1. The van der Waals surface area contributed by atoms with Crippen molar-refractivity contribution in [1.29, 1.82) is 0 Å². The van der Waals surface area contributed by atoms with Crippen molar-refractivity contribution >= 4 is 16.0 Å². The lowest BCUT2D eigenvalue weighted by molar-refractivity contribution is -0.174. The van der Waals surface area contributed by atoms with E-state index in [4.69, 9.17) is 9.57 Å². The van der Waals surface area contributed by atoms with Gasteiger partial charge in [0, 0.05) is 32.2 Å². The summed E-state index contributed by atoms with van der Waals surface area (Å²) in [6.07, 6.45) is 10.2. The van der Waals surface area contributed by atoms with E-state index >= 15 is 0 Å². The second-order valence-corrected chi connectivity index (χ2v) is 13.3. The Hall–Kier alpha value is -2.54. The van der Waals surface area contributed by atoms with Crippen LogP contribution in [-0.2, 0) is 37.4 Å². The Morgan fingerprint density at radius 3 is 2.45 bits per heavy atom. The highest BCUT2D eigenvalue weighted by molar-refractivity contribution is 7.89. The van der Waals surface area contributed by atoms with Crippen molar-refractivity contribution < 1.29 is 38.1 Å². The molecule has 0 bridgehead atoms. The molecule has 1 aliphatic rings. The van der Waals surface area contributed by atoms with Crippen LogP contribution in [0.5, 0.6) is 5.75 Å². The number of hydroxylamine groups is 1. The molecule has 0 radical (unpaired) electrons. The van der Waals surface area contributed by atoms with Gasteiger partial charge in [-0.2, -0.15) is 0 Å². The van der Waals surface area contributed by atoms with Crippen molar-refractivity contribution in [1.82, 2.24) is 9.79 Å². The number of sulfonamides is 1. The number of aryl methyl sites for hydroxylation is 1. The highest BCUT2D eigenvalue weighted by atomic mass is 32.2. The van der Waals surface area contributed by atoms with E-state index in [1.165, 1.54) is 13.0 Å². The third-order valence-corrected chi connectivity index (χ3v) is 9.61. The van der Waals surface area contributed by atoms with E-state index < -0.39 is 22.1 Å². The number of ether oxygens (including phenoxy) is 1. The topological polar surface area (TPSA) is 146 Å². The van der Waals surface area contributed by atoms with Crippen LogP contribution in [0.15, 0.2) is 47.4 Å². The van der Waals surface area contributed by atoms with Crippen LogP contribution in [0.4, 0.5) is 0 Å². The van der Waals surface area contributed by atoms with Gasteiger partial charge in [0.25, 0.3) is 10.0 Å². The molecule has 3 rings (SSSR count). The van der Waals surface area contributed by atoms with Gasteiger partial charge in [0.1, 0.15) is 5.75 Å². The van der Waals surface area contributed by atoms with Crippen molar-refractivity contribution in [2.45, 2.75) is 108 Å². The summed E-state index contributed by atoms with van der Waals surface area (Å²) in [6.45, 7) is 3.54. The van der Waals surface area contributed by atoms with Gasteiger partial charge in [0.15, 0.2) is 0 Å². The van der Waals surface area contributed by atoms with Gasteiger partial charge in [-0.1, -0.05) is 50.3 Å². The Morgan fingerprint density at radius 2 is 1.73 bits per heavy atom. The van der Waals surface area contributed by atoms with Crippen LogP contribution >= 0.6 is 0 Å².